The van der Waals surface area contributed by atoms with Crippen molar-refractivity contribution in [2.45, 2.75) is 50.2 Å². The molecule has 8 heteroatoms. The molecular formula is C24H31N3O4S. The molecule has 0 aromatic heterocycles. The van der Waals surface area contributed by atoms with E-state index in [1.807, 2.05) is 13.8 Å². The summed E-state index contributed by atoms with van der Waals surface area (Å²) >= 11 is 0. The summed E-state index contributed by atoms with van der Waals surface area (Å²) in [6, 6.07) is 13.7. The first-order chi connectivity index (χ1) is 15.3. The molecular weight excluding hydrogens is 426 g/mol. The molecule has 7 nitrogen and oxygen atoms in total. The van der Waals surface area contributed by atoms with Gasteiger partial charge in [-0.15, -0.1) is 0 Å². The molecule has 1 N–H and O–H groups in total. The highest BCUT2D eigenvalue weighted by Crippen LogP contribution is 2.26. The summed E-state index contributed by atoms with van der Waals surface area (Å²) in [6.45, 7) is 6.72. The number of amides is 1. The Bertz CT molecular complexity index is 1050. The number of piperazine rings is 1. The molecule has 0 radical (unpaired) electrons. The first-order valence-electron chi connectivity index (χ1n) is 11.3. The Morgan fingerprint density at radius 2 is 1.84 bits per heavy atom. The fourth-order valence-electron chi connectivity index (χ4n) is 4.38. The van der Waals surface area contributed by atoms with Crippen molar-refractivity contribution in [1.29, 1.82) is 0 Å². The van der Waals surface area contributed by atoms with Crippen LogP contribution in [0.3, 0.4) is 0 Å². The first kappa shape index (κ1) is 22.8. The number of hydrogen-bond acceptors (Lipinski definition) is 5. The maximum absolute atomic E-state index is 13.3. The van der Waals surface area contributed by atoms with Crippen molar-refractivity contribution in [3.05, 3.63) is 54.1 Å². The summed E-state index contributed by atoms with van der Waals surface area (Å²) in [6.07, 6.45) is 3.44. The highest BCUT2D eigenvalue weighted by atomic mass is 32.2. The molecule has 32 heavy (non-hydrogen) atoms. The molecule has 0 spiro atoms. The van der Waals surface area contributed by atoms with E-state index in [-0.39, 0.29) is 16.9 Å². The van der Waals surface area contributed by atoms with E-state index in [9.17, 15) is 13.2 Å². The van der Waals surface area contributed by atoms with E-state index in [0.717, 1.165) is 31.7 Å². The number of carbonyl (C=O) groups excluding carboxylic acids is 1. The second-order valence-corrected chi connectivity index (χ2v) is 10.7. The number of fused-ring (bicyclic) bond motifs is 1. The van der Waals surface area contributed by atoms with E-state index in [2.05, 4.69) is 10.2 Å². The van der Waals surface area contributed by atoms with Crippen LogP contribution in [0.1, 0.15) is 43.5 Å². The van der Waals surface area contributed by atoms with Crippen molar-refractivity contribution in [1.82, 2.24) is 9.21 Å². The molecule has 2 aromatic carbocycles. The molecule has 1 atom stereocenters. The highest BCUT2D eigenvalue weighted by molar-refractivity contribution is 7.89. The molecule has 1 unspecified atom stereocenters. The topological polar surface area (TPSA) is 78.9 Å². The molecule has 4 rings (SSSR count). The molecule has 2 heterocycles. The second kappa shape index (κ2) is 9.60. The monoisotopic (exact) mass is 457 g/mol. The average molecular weight is 458 g/mol. The van der Waals surface area contributed by atoms with Crippen LogP contribution in [-0.2, 0) is 10.0 Å². The van der Waals surface area contributed by atoms with Gasteiger partial charge in [-0.2, -0.15) is 4.31 Å². The molecule has 0 saturated carbocycles. The van der Waals surface area contributed by atoms with Crippen LogP contribution in [0, 0.1) is 0 Å². The largest absolute Gasteiger partial charge is 0.491 e. The molecule has 2 aromatic rings. The van der Waals surface area contributed by atoms with Crippen LogP contribution < -0.4 is 10.1 Å². The van der Waals surface area contributed by atoms with Crippen LogP contribution in [0.4, 0.5) is 5.69 Å². The van der Waals surface area contributed by atoms with Crippen molar-refractivity contribution < 1.29 is 17.9 Å². The fourth-order valence-corrected chi connectivity index (χ4v) is 5.90. The minimum atomic E-state index is -3.65. The molecule has 0 bridgehead atoms. The third-order valence-electron chi connectivity index (χ3n) is 6.02. The van der Waals surface area contributed by atoms with Crippen LogP contribution in [-0.4, -0.2) is 61.9 Å². The molecule has 2 aliphatic heterocycles. The predicted molar refractivity (Wildman–Crippen MR) is 125 cm³/mol. The second-order valence-electron chi connectivity index (χ2n) is 8.72. The van der Waals surface area contributed by atoms with E-state index >= 15 is 0 Å². The average Bonchev–Trinajstić information content (AvgIpc) is 2.79. The number of rotatable bonds is 6. The Labute approximate surface area is 190 Å². The number of ether oxygens (including phenoxy) is 1. The van der Waals surface area contributed by atoms with Crippen molar-refractivity contribution in [2.75, 3.05) is 31.5 Å². The lowest BCUT2D eigenvalue weighted by molar-refractivity contribution is 0.0851. The lowest BCUT2D eigenvalue weighted by Gasteiger charge is -2.43. The zero-order valence-electron chi connectivity index (χ0n) is 18.7. The van der Waals surface area contributed by atoms with Gasteiger partial charge in [0.1, 0.15) is 5.75 Å². The van der Waals surface area contributed by atoms with Crippen molar-refractivity contribution in [3.8, 4) is 5.75 Å². The summed E-state index contributed by atoms with van der Waals surface area (Å²) in [5.41, 5.74) is 0.928. The minimum Gasteiger partial charge on any atom is -0.491 e. The number of carbonyl (C=O) groups is 1. The van der Waals surface area contributed by atoms with Gasteiger partial charge in [0, 0.05) is 36.9 Å². The van der Waals surface area contributed by atoms with Crippen LogP contribution in [0.25, 0.3) is 0 Å². The van der Waals surface area contributed by atoms with E-state index < -0.39 is 10.0 Å². The summed E-state index contributed by atoms with van der Waals surface area (Å²) in [5, 5.41) is 2.82. The third-order valence-corrected chi connectivity index (χ3v) is 7.88. The Morgan fingerprint density at radius 3 is 2.59 bits per heavy atom. The zero-order chi connectivity index (χ0) is 22.7. The zero-order valence-corrected chi connectivity index (χ0v) is 19.5. The number of hydrogen-bond donors (Lipinski definition) is 1. The molecule has 0 aliphatic carbocycles. The van der Waals surface area contributed by atoms with Gasteiger partial charge in [-0.25, -0.2) is 8.42 Å². The van der Waals surface area contributed by atoms with E-state index in [4.69, 9.17) is 4.74 Å². The van der Waals surface area contributed by atoms with Crippen LogP contribution >= 0.6 is 0 Å². The lowest BCUT2D eigenvalue weighted by Crippen LogP contribution is -2.56. The van der Waals surface area contributed by atoms with Gasteiger partial charge < -0.3 is 10.1 Å². The summed E-state index contributed by atoms with van der Waals surface area (Å²) < 4.78 is 33.8. The van der Waals surface area contributed by atoms with Crippen LogP contribution in [0.2, 0.25) is 0 Å². The Hall–Kier alpha value is -2.42. The smallest absolute Gasteiger partial charge is 0.255 e. The number of anilines is 1. The third kappa shape index (κ3) is 5.14. The molecule has 2 saturated heterocycles. The molecule has 1 amide bonds. The van der Waals surface area contributed by atoms with Gasteiger partial charge in [0.25, 0.3) is 5.91 Å². The number of sulfonamides is 1. The Balaban J connectivity index is 1.46. The number of nitrogens with one attached hydrogen (secondary N) is 1. The summed E-state index contributed by atoms with van der Waals surface area (Å²) in [7, 11) is -3.65. The Morgan fingerprint density at radius 1 is 1.06 bits per heavy atom. The van der Waals surface area contributed by atoms with Crippen molar-refractivity contribution in [3.63, 3.8) is 0 Å². The maximum Gasteiger partial charge on any atom is 0.255 e. The standard InChI is InChI=1S/C24H31N3O4S/c1-18(2)31-22-11-9-20(10-12-22)25-24(28)19-6-5-8-23(16-19)32(29,30)27-15-14-26-13-4-3-7-21(26)17-27/h5-6,8-12,16,18,21H,3-4,7,13-15,17H2,1-2H3,(H,25,28). The molecule has 2 aliphatic rings. The fraction of sp³-hybridized carbons (Fsp3) is 0.458. The van der Waals surface area contributed by atoms with Crippen molar-refractivity contribution >= 4 is 21.6 Å². The highest BCUT2D eigenvalue weighted by Gasteiger charge is 2.35. The summed E-state index contributed by atoms with van der Waals surface area (Å²) in [5.74, 6) is 0.376. The maximum atomic E-state index is 13.3. The van der Waals surface area contributed by atoms with E-state index in [0.29, 0.717) is 30.4 Å². The number of nitrogens with zero attached hydrogens (tertiary/aromatic N) is 2. The van der Waals surface area contributed by atoms with Crippen LogP contribution in [0.5, 0.6) is 5.75 Å². The predicted octanol–water partition coefficient (Wildman–Crippen LogP) is 3.58. The minimum absolute atomic E-state index is 0.0706. The van der Waals surface area contributed by atoms with Crippen molar-refractivity contribution in [2.24, 2.45) is 0 Å². The van der Waals surface area contributed by atoms with Gasteiger partial charge in [0.2, 0.25) is 10.0 Å². The van der Waals surface area contributed by atoms with Gasteiger partial charge in [-0.05, 0) is 75.7 Å². The first-order valence-corrected chi connectivity index (χ1v) is 12.7. The molecule has 172 valence electrons. The van der Waals surface area contributed by atoms with Gasteiger partial charge in [-0.3, -0.25) is 9.69 Å². The van der Waals surface area contributed by atoms with Gasteiger partial charge in [-0.1, -0.05) is 12.5 Å². The number of piperidine rings is 1. The van der Waals surface area contributed by atoms with Gasteiger partial charge >= 0.3 is 0 Å². The van der Waals surface area contributed by atoms with Gasteiger partial charge in [0.05, 0.1) is 11.0 Å². The van der Waals surface area contributed by atoms with Gasteiger partial charge in [0.15, 0.2) is 0 Å². The molecule has 2 fully saturated rings. The number of benzene rings is 2. The lowest BCUT2D eigenvalue weighted by atomic mass is 10.0. The Kier molecular flexibility index (Phi) is 6.83. The summed E-state index contributed by atoms with van der Waals surface area (Å²) in [4.78, 5) is 15.3. The normalized spacial score (nSPS) is 20.0. The SMILES string of the molecule is CC(C)Oc1ccc(NC(=O)c2cccc(S(=O)(=O)N3CCN4CCCCC4C3)c2)cc1. The van der Waals surface area contributed by atoms with Crippen LogP contribution in [0.15, 0.2) is 53.4 Å². The van der Waals surface area contributed by atoms with E-state index in [1.165, 1.54) is 12.5 Å². The van der Waals surface area contributed by atoms with E-state index in [1.54, 1.807) is 46.8 Å². The quantitative estimate of drug-likeness (QED) is 0.717.